The van der Waals surface area contributed by atoms with Gasteiger partial charge in [0.2, 0.25) is 0 Å². The number of rotatable bonds is 2. The fourth-order valence-corrected chi connectivity index (χ4v) is 2.97. The number of nitrogens with zero attached hydrogens (tertiary/aromatic N) is 1. The first-order chi connectivity index (χ1) is 8.03. The van der Waals surface area contributed by atoms with Gasteiger partial charge in [0.1, 0.15) is 0 Å². The molecule has 0 atom stereocenters. The van der Waals surface area contributed by atoms with E-state index in [0.29, 0.717) is 5.41 Å². The summed E-state index contributed by atoms with van der Waals surface area (Å²) in [6, 6.07) is 5.74. The van der Waals surface area contributed by atoms with Gasteiger partial charge in [-0.3, -0.25) is 0 Å². The third-order valence-corrected chi connectivity index (χ3v) is 3.76. The van der Waals surface area contributed by atoms with Crippen molar-refractivity contribution in [2.75, 3.05) is 18.0 Å². The summed E-state index contributed by atoms with van der Waals surface area (Å²) in [5.74, 6) is 0. The van der Waals surface area contributed by atoms with E-state index in [9.17, 15) is 5.11 Å². The monoisotopic (exact) mass is 253 g/mol. The van der Waals surface area contributed by atoms with E-state index >= 15 is 0 Å². The van der Waals surface area contributed by atoms with E-state index in [2.05, 4.69) is 18.7 Å². The number of hydrogen-bond acceptors (Lipinski definition) is 2. The number of benzene rings is 1. The molecule has 1 saturated heterocycles. The van der Waals surface area contributed by atoms with E-state index in [-0.39, 0.29) is 6.61 Å². The van der Waals surface area contributed by atoms with Crippen molar-refractivity contribution >= 4 is 17.3 Å². The van der Waals surface area contributed by atoms with Gasteiger partial charge in [-0.05, 0) is 24.3 Å². The standard InChI is InChI=1S/C14H20ClNO/c1-14(2)7-4-8-16(10-14)13-11(9-17)5-3-6-12(13)15/h3,5-6,17H,4,7-10H2,1-2H3. The molecule has 1 aliphatic heterocycles. The lowest BCUT2D eigenvalue weighted by Gasteiger charge is -2.40. The van der Waals surface area contributed by atoms with E-state index in [4.69, 9.17) is 11.6 Å². The topological polar surface area (TPSA) is 23.5 Å². The van der Waals surface area contributed by atoms with Gasteiger partial charge in [0.05, 0.1) is 17.3 Å². The molecule has 1 fully saturated rings. The van der Waals surface area contributed by atoms with E-state index in [0.717, 1.165) is 29.4 Å². The van der Waals surface area contributed by atoms with Crippen LogP contribution in [-0.4, -0.2) is 18.2 Å². The predicted octanol–water partition coefficient (Wildman–Crippen LogP) is 3.46. The van der Waals surface area contributed by atoms with Gasteiger partial charge in [-0.15, -0.1) is 0 Å². The maximum absolute atomic E-state index is 9.42. The van der Waals surface area contributed by atoms with Crippen molar-refractivity contribution in [1.29, 1.82) is 0 Å². The van der Waals surface area contributed by atoms with Crippen LogP contribution >= 0.6 is 11.6 Å². The van der Waals surface area contributed by atoms with Gasteiger partial charge in [0, 0.05) is 18.7 Å². The van der Waals surface area contributed by atoms with Gasteiger partial charge in [-0.2, -0.15) is 0 Å². The van der Waals surface area contributed by atoms with E-state index in [1.54, 1.807) is 0 Å². The van der Waals surface area contributed by atoms with Crippen molar-refractivity contribution in [3.05, 3.63) is 28.8 Å². The Morgan fingerprint density at radius 1 is 1.41 bits per heavy atom. The Labute approximate surface area is 108 Å². The fourth-order valence-electron chi connectivity index (χ4n) is 2.66. The second kappa shape index (κ2) is 4.87. The number of aliphatic hydroxyl groups is 1. The van der Waals surface area contributed by atoms with Gasteiger partial charge in [0.25, 0.3) is 0 Å². The van der Waals surface area contributed by atoms with Crippen molar-refractivity contribution in [2.45, 2.75) is 33.3 Å². The van der Waals surface area contributed by atoms with Gasteiger partial charge in [-0.1, -0.05) is 37.6 Å². The number of hydrogen-bond donors (Lipinski definition) is 1. The maximum Gasteiger partial charge on any atom is 0.0702 e. The average molecular weight is 254 g/mol. The number of aliphatic hydroxyl groups excluding tert-OH is 1. The normalized spacial score (nSPS) is 19.4. The van der Waals surface area contributed by atoms with Crippen LogP contribution in [0.15, 0.2) is 18.2 Å². The third-order valence-electron chi connectivity index (χ3n) is 3.46. The average Bonchev–Trinajstić information content (AvgIpc) is 2.27. The lowest BCUT2D eigenvalue weighted by Crippen LogP contribution is -2.40. The van der Waals surface area contributed by atoms with Crippen LogP contribution in [0.5, 0.6) is 0 Å². The lowest BCUT2D eigenvalue weighted by atomic mass is 9.84. The molecule has 1 aliphatic rings. The van der Waals surface area contributed by atoms with Crippen molar-refractivity contribution < 1.29 is 5.11 Å². The molecule has 3 heteroatoms. The Morgan fingerprint density at radius 2 is 2.18 bits per heavy atom. The van der Waals surface area contributed by atoms with Crippen LogP contribution in [0.1, 0.15) is 32.3 Å². The SMILES string of the molecule is CC1(C)CCCN(c2c(Cl)cccc2CO)C1. The second-order valence-electron chi connectivity index (χ2n) is 5.60. The summed E-state index contributed by atoms with van der Waals surface area (Å²) in [5.41, 5.74) is 2.27. The Hall–Kier alpha value is -0.730. The molecule has 0 amide bonds. The van der Waals surface area contributed by atoms with E-state index in [1.807, 2.05) is 18.2 Å². The van der Waals surface area contributed by atoms with Crippen LogP contribution < -0.4 is 4.90 Å². The predicted molar refractivity (Wildman–Crippen MR) is 72.6 cm³/mol. The van der Waals surface area contributed by atoms with Crippen LogP contribution in [0, 0.1) is 5.41 Å². The molecule has 1 aromatic rings. The van der Waals surface area contributed by atoms with Crippen molar-refractivity contribution in [3.8, 4) is 0 Å². The van der Waals surface area contributed by atoms with Crippen LogP contribution in [0.3, 0.4) is 0 Å². The molecule has 1 aromatic carbocycles. The number of piperidine rings is 1. The molecule has 1 heterocycles. The summed E-state index contributed by atoms with van der Waals surface area (Å²) in [6.45, 7) is 6.65. The first kappa shape index (κ1) is 12.7. The Balaban J connectivity index is 2.33. The Bertz CT molecular complexity index is 403. The summed E-state index contributed by atoms with van der Waals surface area (Å²) in [4.78, 5) is 2.32. The molecule has 2 nitrogen and oxygen atoms in total. The minimum Gasteiger partial charge on any atom is -0.392 e. The lowest BCUT2D eigenvalue weighted by molar-refractivity contribution is 0.276. The summed E-state index contributed by atoms with van der Waals surface area (Å²) < 4.78 is 0. The molecule has 0 bridgehead atoms. The molecule has 2 rings (SSSR count). The zero-order valence-electron chi connectivity index (χ0n) is 10.5. The quantitative estimate of drug-likeness (QED) is 0.873. The summed E-state index contributed by atoms with van der Waals surface area (Å²) >= 11 is 6.28. The molecular formula is C14H20ClNO. The Morgan fingerprint density at radius 3 is 2.82 bits per heavy atom. The summed E-state index contributed by atoms with van der Waals surface area (Å²) in [6.07, 6.45) is 2.44. The highest BCUT2D eigenvalue weighted by atomic mass is 35.5. The van der Waals surface area contributed by atoms with Gasteiger partial charge >= 0.3 is 0 Å². The fraction of sp³-hybridized carbons (Fsp3) is 0.571. The zero-order valence-corrected chi connectivity index (χ0v) is 11.3. The first-order valence-corrected chi connectivity index (χ1v) is 6.54. The first-order valence-electron chi connectivity index (χ1n) is 6.17. The maximum atomic E-state index is 9.42. The molecule has 0 spiro atoms. The largest absolute Gasteiger partial charge is 0.392 e. The Kier molecular flexibility index (Phi) is 3.64. The molecule has 0 aromatic heterocycles. The highest BCUT2D eigenvalue weighted by Gasteiger charge is 2.28. The van der Waals surface area contributed by atoms with E-state index in [1.165, 1.54) is 12.8 Å². The molecule has 94 valence electrons. The van der Waals surface area contributed by atoms with Crippen LogP contribution in [0.4, 0.5) is 5.69 Å². The molecule has 0 unspecified atom stereocenters. The minimum atomic E-state index is 0.0484. The molecular weight excluding hydrogens is 234 g/mol. The highest BCUT2D eigenvalue weighted by Crippen LogP contribution is 2.36. The van der Waals surface area contributed by atoms with Crippen LogP contribution in [0.2, 0.25) is 5.02 Å². The van der Waals surface area contributed by atoms with Crippen LogP contribution in [0.25, 0.3) is 0 Å². The highest BCUT2D eigenvalue weighted by molar-refractivity contribution is 6.33. The van der Waals surface area contributed by atoms with Crippen molar-refractivity contribution in [1.82, 2.24) is 0 Å². The van der Waals surface area contributed by atoms with Gasteiger partial charge in [0.15, 0.2) is 0 Å². The molecule has 0 radical (unpaired) electrons. The van der Waals surface area contributed by atoms with Gasteiger partial charge in [-0.25, -0.2) is 0 Å². The number of anilines is 1. The molecule has 1 N–H and O–H groups in total. The van der Waals surface area contributed by atoms with Crippen molar-refractivity contribution in [2.24, 2.45) is 5.41 Å². The zero-order chi connectivity index (χ0) is 12.5. The summed E-state index contributed by atoms with van der Waals surface area (Å²) in [7, 11) is 0. The number of para-hydroxylation sites is 1. The summed E-state index contributed by atoms with van der Waals surface area (Å²) in [5, 5.41) is 10.2. The number of halogens is 1. The molecule has 0 aliphatic carbocycles. The molecule has 0 saturated carbocycles. The van der Waals surface area contributed by atoms with Gasteiger partial charge < -0.3 is 10.0 Å². The second-order valence-corrected chi connectivity index (χ2v) is 6.00. The van der Waals surface area contributed by atoms with E-state index < -0.39 is 0 Å². The van der Waals surface area contributed by atoms with Crippen molar-refractivity contribution in [3.63, 3.8) is 0 Å². The smallest absolute Gasteiger partial charge is 0.0702 e. The minimum absolute atomic E-state index is 0.0484. The molecule has 17 heavy (non-hydrogen) atoms. The van der Waals surface area contributed by atoms with Crippen LogP contribution in [-0.2, 0) is 6.61 Å². The third kappa shape index (κ3) is 2.75.